The summed E-state index contributed by atoms with van der Waals surface area (Å²) in [5.41, 5.74) is 4.73. The van der Waals surface area contributed by atoms with E-state index < -0.39 is 33.3 Å². The van der Waals surface area contributed by atoms with E-state index in [2.05, 4.69) is 20.8 Å². The van der Waals surface area contributed by atoms with Gasteiger partial charge >= 0.3 is 0 Å². The molecule has 0 saturated carbocycles. The number of primary amides is 1. The van der Waals surface area contributed by atoms with E-state index >= 15 is 0 Å². The van der Waals surface area contributed by atoms with Crippen LogP contribution < -0.4 is 10.6 Å². The average Bonchev–Trinajstić information content (AvgIpc) is 2.15. The van der Waals surface area contributed by atoms with Crippen molar-refractivity contribution in [1.29, 1.82) is 0 Å². The second kappa shape index (κ2) is 5.54. The number of sulfonamides is 1. The first-order chi connectivity index (χ1) is 7.83. The molecule has 0 aliphatic carbocycles. The van der Waals surface area contributed by atoms with Crippen molar-refractivity contribution in [1.82, 2.24) is 4.89 Å². The van der Waals surface area contributed by atoms with Crippen LogP contribution in [0.4, 0.5) is 4.39 Å². The first-order valence-electron chi connectivity index (χ1n) is 4.20. The molecule has 1 amide bonds. The summed E-state index contributed by atoms with van der Waals surface area (Å²) in [5, 5.41) is 0. The number of amides is 1. The summed E-state index contributed by atoms with van der Waals surface area (Å²) in [4.78, 5) is 15.6. The molecule has 1 aromatic carbocycles. The smallest absolute Gasteiger partial charge is 0.265 e. The molecule has 1 rings (SSSR count). The van der Waals surface area contributed by atoms with Crippen LogP contribution in [0.3, 0.4) is 0 Å². The summed E-state index contributed by atoms with van der Waals surface area (Å²) in [6.07, 6.45) is 0. The van der Waals surface area contributed by atoms with Crippen molar-refractivity contribution in [2.75, 3.05) is 6.61 Å². The summed E-state index contributed by atoms with van der Waals surface area (Å²) >= 11 is 2.99. The fourth-order valence-corrected chi connectivity index (χ4v) is 2.12. The van der Waals surface area contributed by atoms with E-state index in [9.17, 15) is 17.6 Å². The Hall–Kier alpha value is -1.03. The number of nitrogens with one attached hydrogen (secondary N) is 1. The summed E-state index contributed by atoms with van der Waals surface area (Å²) in [6, 6.07) is 3.39. The normalized spacial score (nSPS) is 11.4. The van der Waals surface area contributed by atoms with Crippen molar-refractivity contribution >= 4 is 31.9 Å². The summed E-state index contributed by atoms with van der Waals surface area (Å²) < 4.78 is 36.7. The number of nitrogens with two attached hydrogens (primary N) is 1. The number of hydrogen-bond donors (Lipinski definition) is 2. The molecule has 6 nitrogen and oxygen atoms in total. The first kappa shape index (κ1) is 14.0. The molecule has 1 aromatic rings. The number of rotatable bonds is 5. The molecule has 0 unspecified atom stereocenters. The molecule has 0 saturated heterocycles. The molecule has 0 atom stereocenters. The SMILES string of the molecule is NC(=O)CONS(=O)(=O)c1ccc(Br)cc1F. The van der Waals surface area contributed by atoms with Crippen LogP contribution in [0, 0.1) is 5.82 Å². The van der Waals surface area contributed by atoms with Crippen LogP contribution >= 0.6 is 15.9 Å². The molecular weight excluding hydrogens is 319 g/mol. The third kappa shape index (κ3) is 4.04. The zero-order valence-electron chi connectivity index (χ0n) is 8.31. The Balaban J connectivity index is 2.86. The number of carbonyl (C=O) groups excluding carboxylic acids is 1. The van der Waals surface area contributed by atoms with Crippen molar-refractivity contribution in [2.24, 2.45) is 5.73 Å². The molecule has 17 heavy (non-hydrogen) atoms. The van der Waals surface area contributed by atoms with Gasteiger partial charge in [-0.25, -0.2) is 12.8 Å². The fourth-order valence-electron chi connectivity index (χ4n) is 0.916. The molecule has 0 aliphatic rings. The van der Waals surface area contributed by atoms with Gasteiger partial charge in [0.2, 0.25) is 5.91 Å². The second-order valence-electron chi connectivity index (χ2n) is 2.92. The maximum absolute atomic E-state index is 13.3. The van der Waals surface area contributed by atoms with E-state index in [4.69, 9.17) is 5.73 Å². The fraction of sp³-hybridized carbons (Fsp3) is 0.125. The van der Waals surface area contributed by atoms with E-state index in [1.165, 1.54) is 6.07 Å². The predicted molar refractivity (Wildman–Crippen MR) is 59.6 cm³/mol. The molecule has 0 spiro atoms. The van der Waals surface area contributed by atoms with Crippen molar-refractivity contribution < 1.29 is 22.4 Å². The van der Waals surface area contributed by atoms with Gasteiger partial charge in [0.25, 0.3) is 10.0 Å². The third-order valence-electron chi connectivity index (χ3n) is 1.57. The molecule has 0 aliphatic heterocycles. The number of hydrogen-bond acceptors (Lipinski definition) is 4. The van der Waals surface area contributed by atoms with Crippen molar-refractivity contribution in [3.8, 4) is 0 Å². The van der Waals surface area contributed by atoms with Crippen LogP contribution in [-0.2, 0) is 19.7 Å². The molecular formula is C8H8BrFN2O4S. The minimum Gasteiger partial charge on any atom is -0.368 e. The van der Waals surface area contributed by atoms with E-state index in [1.54, 1.807) is 4.89 Å². The maximum Gasteiger partial charge on any atom is 0.265 e. The van der Waals surface area contributed by atoms with Gasteiger partial charge in [0.15, 0.2) is 0 Å². The molecule has 0 fully saturated rings. The lowest BCUT2D eigenvalue weighted by atomic mass is 10.3. The maximum atomic E-state index is 13.3. The second-order valence-corrected chi connectivity index (χ2v) is 5.45. The predicted octanol–water partition coefficient (Wildman–Crippen LogP) is 0.283. The first-order valence-corrected chi connectivity index (χ1v) is 6.47. The van der Waals surface area contributed by atoms with Crippen LogP contribution in [-0.4, -0.2) is 20.9 Å². The van der Waals surface area contributed by atoms with Gasteiger partial charge in [0.05, 0.1) is 0 Å². The highest BCUT2D eigenvalue weighted by atomic mass is 79.9. The minimum absolute atomic E-state index is 0.395. The van der Waals surface area contributed by atoms with Gasteiger partial charge in [0, 0.05) is 4.47 Å². The summed E-state index contributed by atoms with van der Waals surface area (Å²) in [5.74, 6) is -1.81. The lowest BCUT2D eigenvalue weighted by Gasteiger charge is -2.06. The molecule has 0 aromatic heterocycles. The van der Waals surface area contributed by atoms with Crippen molar-refractivity contribution in [3.63, 3.8) is 0 Å². The number of benzene rings is 1. The van der Waals surface area contributed by atoms with E-state index in [-0.39, 0.29) is 0 Å². The Morgan fingerprint density at radius 2 is 2.18 bits per heavy atom. The minimum atomic E-state index is -4.18. The van der Waals surface area contributed by atoms with Gasteiger partial charge in [0.1, 0.15) is 17.3 Å². The van der Waals surface area contributed by atoms with Crippen LogP contribution in [0.15, 0.2) is 27.6 Å². The van der Waals surface area contributed by atoms with Crippen molar-refractivity contribution in [2.45, 2.75) is 4.90 Å². The highest BCUT2D eigenvalue weighted by Gasteiger charge is 2.19. The monoisotopic (exact) mass is 326 g/mol. The van der Waals surface area contributed by atoms with Gasteiger partial charge in [-0.2, -0.15) is 0 Å². The topological polar surface area (TPSA) is 98.5 Å². The Bertz CT molecular complexity index is 534. The van der Waals surface area contributed by atoms with Crippen LogP contribution in [0.5, 0.6) is 0 Å². The third-order valence-corrected chi connectivity index (χ3v) is 3.31. The van der Waals surface area contributed by atoms with Gasteiger partial charge in [-0.3, -0.25) is 9.63 Å². The average molecular weight is 327 g/mol. The zero-order chi connectivity index (χ0) is 13.1. The lowest BCUT2D eigenvalue weighted by molar-refractivity contribution is -0.123. The largest absolute Gasteiger partial charge is 0.368 e. The van der Waals surface area contributed by atoms with Gasteiger partial charge in [-0.15, -0.1) is 0 Å². The quantitative estimate of drug-likeness (QED) is 0.759. The molecule has 0 radical (unpaired) electrons. The standard InChI is InChI=1S/C8H8BrFN2O4S/c9-5-1-2-7(6(10)3-5)17(14,15)12-16-4-8(11)13/h1-3,12H,4H2,(H2,11,13). The molecule has 3 N–H and O–H groups in total. The molecule has 9 heteroatoms. The zero-order valence-corrected chi connectivity index (χ0v) is 10.7. The van der Waals surface area contributed by atoms with Crippen LogP contribution in [0.1, 0.15) is 0 Å². The molecule has 94 valence electrons. The Labute approximate surface area is 105 Å². The highest BCUT2D eigenvalue weighted by Crippen LogP contribution is 2.19. The Morgan fingerprint density at radius 3 is 2.71 bits per heavy atom. The van der Waals surface area contributed by atoms with E-state index in [0.29, 0.717) is 4.47 Å². The van der Waals surface area contributed by atoms with Gasteiger partial charge in [-0.1, -0.05) is 20.8 Å². The van der Waals surface area contributed by atoms with Crippen LogP contribution in [0.25, 0.3) is 0 Å². The lowest BCUT2D eigenvalue weighted by Crippen LogP contribution is -2.30. The van der Waals surface area contributed by atoms with Gasteiger partial charge < -0.3 is 5.73 Å². The number of carbonyl (C=O) groups is 1. The van der Waals surface area contributed by atoms with E-state index in [0.717, 1.165) is 12.1 Å². The van der Waals surface area contributed by atoms with E-state index in [1.807, 2.05) is 0 Å². The molecule has 0 bridgehead atoms. The van der Waals surface area contributed by atoms with Gasteiger partial charge in [-0.05, 0) is 18.2 Å². The Morgan fingerprint density at radius 1 is 1.53 bits per heavy atom. The van der Waals surface area contributed by atoms with Crippen molar-refractivity contribution in [3.05, 3.63) is 28.5 Å². The highest BCUT2D eigenvalue weighted by molar-refractivity contribution is 9.10. The Kier molecular flexibility index (Phi) is 4.57. The summed E-state index contributed by atoms with van der Waals surface area (Å²) in [7, 11) is -4.18. The summed E-state index contributed by atoms with van der Waals surface area (Å²) in [6.45, 7) is -0.641. The number of halogens is 2. The van der Waals surface area contributed by atoms with Crippen LogP contribution in [0.2, 0.25) is 0 Å². The molecule has 0 heterocycles.